The predicted octanol–water partition coefficient (Wildman–Crippen LogP) is 3.34. The molecule has 0 bridgehead atoms. The molecule has 1 N–H and O–H groups in total. The molecule has 0 aliphatic rings. The Morgan fingerprint density at radius 2 is 1.69 bits per heavy atom. The average molecular weight is 400 g/mol. The number of nitrogens with zero attached hydrogens (tertiary/aromatic N) is 1. The second-order valence-electron chi connectivity index (χ2n) is 6.13. The molecule has 0 atom stereocenters. The molecular formula is C18H25NO5S2. The Bertz CT molecular complexity index is 768. The molecule has 0 aliphatic heterocycles. The van der Waals surface area contributed by atoms with E-state index in [1.54, 1.807) is 18.2 Å². The van der Waals surface area contributed by atoms with Crippen LogP contribution in [0.5, 0.6) is 0 Å². The smallest absolute Gasteiger partial charge is 0.321 e. The summed E-state index contributed by atoms with van der Waals surface area (Å²) in [5.41, 5.74) is 0.614. The SMILES string of the molecule is O=C(CS(=O)(=O)c1nc2ccccc2s1)OCCCCCCCCCO. The molecule has 1 aromatic carbocycles. The summed E-state index contributed by atoms with van der Waals surface area (Å²) in [7, 11) is -3.77. The summed E-state index contributed by atoms with van der Waals surface area (Å²) in [6.45, 7) is 0.487. The number of esters is 1. The molecule has 26 heavy (non-hydrogen) atoms. The van der Waals surface area contributed by atoms with Crippen LogP contribution in [0.25, 0.3) is 10.2 Å². The van der Waals surface area contributed by atoms with E-state index in [4.69, 9.17) is 9.84 Å². The second kappa shape index (κ2) is 10.6. The lowest BCUT2D eigenvalue weighted by Gasteiger charge is -2.05. The summed E-state index contributed by atoms with van der Waals surface area (Å²) >= 11 is 1.07. The van der Waals surface area contributed by atoms with Gasteiger partial charge in [-0.25, -0.2) is 13.4 Å². The number of carbonyl (C=O) groups is 1. The van der Waals surface area contributed by atoms with Crippen LogP contribution in [-0.4, -0.2) is 43.4 Å². The van der Waals surface area contributed by atoms with E-state index in [9.17, 15) is 13.2 Å². The van der Waals surface area contributed by atoms with Gasteiger partial charge in [-0.1, -0.05) is 44.2 Å². The van der Waals surface area contributed by atoms with Gasteiger partial charge in [-0.05, 0) is 25.0 Å². The molecule has 8 heteroatoms. The molecule has 0 saturated heterocycles. The van der Waals surface area contributed by atoms with Gasteiger partial charge in [-0.2, -0.15) is 0 Å². The normalized spacial score (nSPS) is 11.7. The van der Waals surface area contributed by atoms with Crippen molar-refractivity contribution >= 4 is 37.4 Å². The van der Waals surface area contributed by atoms with Gasteiger partial charge in [-0.15, -0.1) is 11.3 Å². The molecule has 0 spiro atoms. The van der Waals surface area contributed by atoms with E-state index in [1.165, 1.54) is 0 Å². The van der Waals surface area contributed by atoms with E-state index in [0.717, 1.165) is 61.0 Å². The zero-order valence-corrected chi connectivity index (χ0v) is 16.4. The Balaban J connectivity index is 1.68. The van der Waals surface area contributed by atoms with Gasteiger partial charge in [0.05, 0.1) is 16.8 Å². The molecule has 144 valence electrons. The fourth-order valence-corrected chi connectivity index (χ4v) is 4.93. The van der Waals surface area contributed by atoms with Crippen molar-refractivity contribution in [2.24, 2.45) is 0 Å². The maximum absolute atomic E-state index is 12.3. The van der Waals surface area contributed by atoms with Crippen LogP contribution in [0.4, 0.5) is 0 Å². The second-order valence-corrected chi connectivity index (χ2v) is 9.32. The maximum atomic E-state index is 12.3. The molecule has 6 nitrogen and oxygen atoms in total. The number of carbonyl (C=O) groups excluding carboxylic acids is 1. The standard InChI is InChI=1S/C18H25NO5S2/c20-12-8-4-2-1-3-5-9-13-24-17(21)14-26(22,23)18-19-15-10-6-7-11-16(15)25-18/h6-7,10-11,20H,1-5,8-9,12-14H2. The van der Waals surface area contributed by atoms with Crippen molar-refractivity contribution in [1.29, 1.82) is 0 Å². The van der Waals surface area contributed by atoms with Gasteiger partial charge in [0, 0.05) is 6.61 Å². The number of benzene rings is 1. The van der Waals surface area contributed by atoms with Gasteiger partial charge in [0.25, 0.3) is 0 Å². The highest BCUT2D eigenvalue weighted by atomic mass is 32.2. The highest BCUT2D eigenvalue weighted by Crippen LogP contribution is 2.25. The van der Waals surface area contributed by atoms with Gasteiger partial charge in [0.15, 0.2) is 5.75 Å². The number of aliphatic hydroxyl groups is 1. The summed E-state index contributed by atoms with van der Waals surface area (Å²) in [4.78, 5) is 15.9. The number of unbranched alkanes of at least 4 members (excludes halogenated alkanes) is 6. The molecule has 1 heterocycles. The molecular weight excluding hydrogens is 374 g/mol. The number of para-hydroxylation sites is 1. The first-order valence-corrected chi connectivity index (χ1v) is 11.3. The van der Waals surface area contributed by atoms with Crippen molar-refractivity contribution in [1.82, 2.24) is 4.98 Å². The fourth-order valence-electron chi connectivity index (χ4n) is 2.53. The van der Waals surface area contributed by atoms with Crippen molar-refractivity contribution in [2.45, 2.75) is 49.3 Å². The number of hydrogen-bond acceptors (Lipinski definition) is 7. The molecule has 0 radical (unpaired) electrons. The molecule has 2 aromatic rings. The highest BCUT2D eigenvalue weighted by Gasteiger charge is 2.24. The molecule has 0 aliphatic carbocycles. The third-order valence-electron chi connectivity index (χ3n) is 3.91. The third-order valence-corrected chi connectivity index (χ3v) is 7.00. The van der Waals surface area contributed by atoms with Crippen LogP contribution in [0.15, 0.2) is 28.6 Å². The average Bonchev–Trinajstić information content (AvgIpc) is 3.05. The van der Waals surface area contributed by atoms with Crippen molar-refractivity contribution in [3.8, 4) is 0 Å². The van der Waals surface area contributed by atoms with Crippen LogP contribution < -0.4 is 0 Å². The largest absolute Gasteiger partial charge is 0.465 e. The Kier molecular flexibility index (Phi) is 8.47. The van der Waals surface area contributed by atoms with Crippen LogP contribution in [0.3, 0.4) is 0 Å². The van der Waals surface area contributed by atoms with Crippen molar-refractivity contribution < 1.29 is 23.1 Å². The summed E-state index contributed by atoms with van der Waals surface area (Å²) in [5, 5.41) is 8.69. The minimum atomic E-state index is -3.77. The quantitative estimate of drug-likeness (QED) is 0.435. The van der Waals surface area contributed by atoms with Crippen LogP contribution in [-0.2, 0) is 19.4 Å². The fraction of sp³-hybridized carbons (Fsp3) is 0.556. The van der Waals surface area contributed by atoms with Gasteiger partial charge in [-0.3, -0.25) is 4.79 Å². The maximum Gasteiger partial charge on any atom is 0.321 e. The summed E-state index contributed by atoms with van der Waals surface area (Å²) < 4.78 is 30.4. The van der Waals surface area contributed by atoms with E-state index >= 15 is 0 Å². The van der Waals surface area contributed by atoms with Gasteiger partial charge < -0.3 is 9.84 Å². The zero-order chi connectivity index (χ0) is 18.8. The summed E-state index contributed by atoms with van der Waals surface area (Å²) in [6, 6.07) is 7.15. The van der Waals surface area contributed by atoms with E-state index in [0.29, 0.717) is 5.52 Å². The third kappa shape index (κ3) is 6.66. The Labute approximate surface area is 158 Å². The number of fused-ring (bicyclic) bond motifs is 1. The number of rotatable bonds is 12. The van der Waals surface area contributed by atoms with Crippen LogP contribution in [0.1, 0.15) is 44.9 Å². The molecule has 2 rings (SSSR count). The molecule has 0 amide bonds. The topological polar surface area (TPSA) is 93.6 Å². The Hall–Kier alpha value is -1.51. The molecule has 0 unspecified atom stereocenters. The van der Waals surface area contributed by atoms with E-state index in [1.807, 2.05) is 6.07 Å². The minimum Gasteiger partial charge on any atom is -0.465 e. The van der Waals surface area contributed by atoms with Crippen LogP contribution in [0.2, 0.25) is 0 Å². The lowest BCUT2D eigenvalue weighted by atomic mass is 10.1. The van der Waals surface area contributed by atoms with E-state index < -0.39 is 21.6 Å². The van der Waals surface area contributed by atoms with Crippen LogP contribution >= 0.6 is 11.3 Å². The summed E-state index contributed by atoms with van der Waals surface area (Å²) in [5.74, 6) is -1.40. The number of aliphatic hydroxyl groups excluding tert-OH is 1. The first-order valence-electron chi connectivity index (χ1n) is 8.88. The molecule has 0 saturated carbocycles. The predicted molar refractivity (Wildman–Crippen MR) is 102 cm³/mol. The van der Waals surface area contributed by atoms with E-state index in [2.05, 4.69) is 4.98 Å². The Morgan fingerprint density at radius 3 is 2.38 bits per heavy atom. The minimum absolute atomic E-state index is 0.0430. The lowest BCUT2D eigenvalue weighted by molar-refractivity contribution is -0.140. The zero-order valence-electron chi connectivity index (χ0n) is 14.7. The lowest BCUT2D eigenvalue weighted by Crippen LogP contribution is -2.19. The Morgan fingerprint density at radius 1 is 1.04 bits per heavy atom. The van der Waals surface area contributed by atoms with Crippen molar-refractivity contribution in [2.75, 3.05) is 19.0 Å². The van der Waals surface area contributed by atoms with Crippen molar-refractivity contribution in [3.63, 3.8) is 0 Å². The van der Waals surface area contributed by atoms with Gasteiger partial charge in [0.2, 0.25) is 14.2 Å². The number of aromatic nitrogens is 1. The van der Waals surface area contributed by atoms with Gasteiger partial charge in [0.1, 0.15) is 0 Å². The van der Waals surface area contributed by atoms with Gasteiger partial charge >= 0.3 is 5.97 Å². The van der Waals surface area contributed by atoms with Crippen molar-refractivity contribution in [3.05, 3.63) is 24.3 Å². The number of ether oxygens (including phenoxy) is 1. The van der Waals surface area contributed by atoms with Crippen LogP contribution in [0, 0.1) is 0 Å². The monoisotopic (exact) mass is 399 g/mol. The number of thiazole rings is 1. The molecule has 0 fully saturated rings. The first kappa shape index (κ1) is 20.8. The van der Waals surface area contributed by atoms with E-state index in [-0.39, 0.29) is 17.6 Å². The number of sulfone groups is 1. The summed E-state index contributed by atoms with van der Waals surface area (Å²) in [6.07, 6.45) is 6.80. The first-order chi connectivity index (χ1) is 12.5. The molecule has 1 aromatic heterocycles. The number of hydrogen-bond donors (Lipinski definition) is 1. The highest BCUT2D eigenvalue weighted by molar-refractivity contribution is 7.94.